The van der Waals surface area contributed by atoms with Crippen LogP contribution in [0.4, 0.5) is 0 Å². The zero-order valence-electron chi connectivity index (χ0n) is 40.2. The summed E-state index contributed by atoms with van der Waals surface area (Å²) in [6.45, 7) is 2.49. The van der Waals surface area contributed by atoms with Gasteiger partial charge < -0.3 is 64.2 Å². The van der Waals surface area contributed by atoms with E-state index in [0.717, 1.165) is 89.9 Å². The first-order valence-corrected chi connectivity index (χ1v) is 25.2. The van der Waals surface area contributed by atoms with Crippen LogP contribution in [0, 0.1) is 0 Å². The van der Waals surface area contributed by atoms with E-state index in [1.165, 1.54) is 38.5 Å². The van der Waals surface area contributed by atoms with Gasteiger partial charge in [0, 0.05) is 12.8 Å². The molecule has 0 aromatic heterocycles. The van der Waals surface area contributed by atoms with Crippen molar-refractivity contribution >= 4 is 11.9 Å². The van der Waals surface area contributed by atoms with Crippen LogP contribution in [-0.2, 0) is 38.0 Å². The number of rotatable bonds is 38. The van der Waals surface area contributed by atoms with Gasteiger partial charge in [-0.1, -0.05) is 127 Å². The highest BCUT2D eigenvalue weighted by Gasteiger charge is 2.47. The summed E-state index contributed by atoms with van der Waals surface area (Å²) >= 11 is 0. The van der Waals surface area contributed by atoms with Crippen LogP contribution in [0.5, 0.6) is 0 Å². The third-order valence-electron chi connectivity index (χ3n) is 11.8. The molecule has 2 saturated heterocycles. The second kappa shape index (κ2) is 38.3. The summed E-state index contributed by atoms with van der Waals surface area (Å²) in [7, 11) is 0. The van der Waals surface area contributed by atoms with E-state index in [0.29, 0.717) is 12.8 Å². The maximum Gasteiger partial charge on any atom is 0.306 e. The van der Waals surface area contributed by atoms with Crippen molar-refractivity contribution in [2.75, 3.05) is 26.4 Å². The number of hydrogen-bond acceptors (Lipinski definition) is 15. The Bertz CT molecular complexity index is 1340. The molecule has 0 bridgehead atoms. The van der Waals surface area contributed by atoms with E-state index in [4.69, 9.17) is 28.4 Å². The summed E-state index contributed by atoms with van der Waals surface area (Å²) in [5.74, 6) is -0.959. The molecule has 2 rings (SSSR count). The molecule has 0 spiro atoms. The molecule has 2 heterocycles. The third-order valence-corrected chi connectivity index (χ3v) is 11.8. The molecule has 0 amide bonds. The molecular weight excluding hydrogens is 853 g/mol. The van der Waals surface area contributed by atoms with Crippen LogP contribution in [0.25, 0.3) is 0 Å². The molecule has 0 aliphatic carbocycles. The molecule has 0 aromatic rings. The molecule has 15 nitrogen and oxygen atoms in total. The fourth-order valence-electron chi connectivity index (χ4n) is 7.57. The zero-order chi connectivity index (χ0) is 48.2. The van der Waals surface area contributed by atoms with Crippen LogP contribution in [0.3, 0.4) is 0 Å². The highest BCUT2D eigenvalue weighted by molar-refractivity contribution is 5.70. The minimum Gasteiger partial charge on any atom is -0.462 e. The van der Waals surface area contributed by atoms with Gasteiger partial charge in [0.15, 0.2) is 18.7 Å². The van der Waals surface area contributed by atoms with Gasteiger partial charge in [-0.05, 0) is 77.0 Å². The number of carbonyl (C=O) groups excluding carboxylic acids is 2. The number of allylic oxidation sites excluding steroid dienone is 8. The fraction of sp³-hybridized carbons (Fsp3) is 0.804. The van der Waals surface area contributed by atoms with Gasteiger partial charge in [-0.3, -0.25) is 9.59 Å². The Morgan fingerprint density at radius 3 is 1.41 bits per heavy atom. The van der Waals surface area contributed by atoms with E-state index < -0.39 is 99.3 Å². The second-order valence-corrected chi connectivity index (χ2v) is 17.6. The molecule has 11 unspecified atom stereocenters. The molecule has 7 N–H and O–H groups in total. The number of carbonyl (C=O) groups is 2. The minimum atomic E-state index is -1.77. The first-order chi connectivity index (χ1) is 32.0. The lowest BCUT2D eigenvalue weighted by atomic mass is 9.98. The van der Waals surface area contributed by atoms with Crippen LogP contribution in [0.15, 0.2) is 48.6 Å². The monoisotopic (exact) mass is 941 g/mol. The minimum absolute atomic E-state index is 0.145. The van der Waals surface area contributed by atoms with Crippen LogP contribution in [0.1, 0.15) is 168 Å². The Labute approximate surface area is 395 Å². The lowest BCUT2D eigenvalue weighted by Gasteiger charge is -2.42. The second-order valence-electron chi connectivity index (χ2n) is 17.6. The average molecular weight is 941 g/mol. The first kappa shape index (κ1) is 59.6. The van der Waals surface area contributed by atoms with Gasteiger partial charge in [-0.25, -0.2) is 0 Å². The maximum atomic E-state index is 13.0. The van der Waals surface area contributed by atoms with Crippen molar-refractivity contribution in [3.63, 3.8) is 0 Å². The number of ether oxygens (including phenoxy) is 6. The Morgan fingerprint density at radius 2 is 0.909 bits per heavy atom. The standard InChI is InChI=1S/C51H88O15/c1-3-5-7-9-11-13-15-17-19-21-23-25-27-29-31-33-42(53)61-36-39(64-43(54)34-32-30-28-26-24-22-20-18-16-14-12-10-8-6-4-2)37-62-50-49(60)47(58)45(56)41(66-50)38-63-51-48(59)46(57)44(55)40(35-52)65-51/h11-14,17-20,39-41,44-52,55-60H,3-10,15-16,21-38H2,1-2H3/b13-11-,14-12-,19-17-,20-18-. The van der Waals surface area contributed by atoms with Crippen molar-refractivity contribution in [1.29, 1.82) is 0 Å². The van der Waals surface area contributed by atoms with Crippen molar-refractivity contribution in [1.82, 2.24) is 0 Å². The van der Waals surface area contributed by atoms with Gasteiger partial charge in [-0.2, -0.15) is 0 Å². The smallest absolute Gasteiger partial charge is 0.306 e. The van der Waals surface area contributed by atoms with Gasteiger partial charge in [0.05, 0.1) is 19.8 Å². The quantitative estimate of drug-likeness (QED) is 0.0194. The summed E-state index contributed by atoms with van der Waals surface area (Å²) in [5.41, 5.74) is 0. The summed E-state index contributed by atoms with van der Waals surface area (Å²) < 4.78 is 33.5. The van der Waals surface area contributed by atoms with Crippen LogP contribution < -0.4 is 0 Å². The third kappa shape index (κ3) is 26.3. The molecule has 0 saturated carbocycles. The SMILES string of the molecule is CCCCC/C=C\C/C=C\CCCCCCCC(=O)OCC(COC1OC(COC2OC(CO)C(O)C(O)C2O)C(O)C(O)C1O)OC(=O)CCCCCCC/C=C\C/C=C\CCCCC. The van der Waals surface area contributed by atoms with E-state index in [1.54, 1.807) is 0 Å². The Kier molecular flexibility index (Phi) is 34.6. The van der Waals surface area contributed by atoms with Crippen molar-refractivity contribution in [3.05, 3.63) is 48.6 Å². The predicted octanol–water partition coefficient (Wildman–Crippen LogP) is 6.71. The van der Waals surface area contributed by atoms with Gasteiger partial charge in [-0.15, -0.1) is 0 Å². The van der Waals surface area contributed by atoms with Crippen LogP contribution in [0.2, 0.25) is 0 Å². The van der Waals surface area contributed by atoms with Gasteiger partial charge in [0.25, 0.3) is 0 Å². The van der Waals surface area contributed by atoms with E-state index in [1.807, 2.05) is 0 Å². The molecule has 66 heavy (non-hydrogen) atoms. The molecule has 2 fully saturated rings. The number of unbranched alkanes of at least 4 members (excludes halogenated alkanes) is 16. The Hall–Kier alpha value is -2.54. The number of aliphatic hydroxyl groups excluding tert-OH is 7. The molecule has 0 aromatic carbocycles. The number of aliphatic hydroxyl groups is 7. The summed E-state index contributed by atoms with van der Waals surface area (Å²) in [5, 5.41) is 72.0. The zero-order valence-corrected chi connectivity index (χ0v) is 40.2. The molecular formula is C51H88O15. The number of hydrogen-bond donors (Lipinski definition) is 7. The van der Waals surface area contributed by atoms with E-state index in [2.05, 4.69) is 62.5 Å². The lowest BCUT2D eigenvalue weighted by molar-refractivity contribution is -0.332. The first-order valence-electron chi connectivity index (χ1n) is 25.2. The maximum absolute atomic E-state index is 13.0. The molecule has 15 heteroatoms. The van der Waals surface area contributed by atoms with E-state index in [9.17, 15) is 45.3 Å². The molecule has 2 aliphatic heterocycles. The van der Waals surface area contributed by atoms with Crippen molar-refractivity contribution in [3.8, 4) is 0 Å². The predicted molar refractivity (Wildman–Crippen MR) is 252 cm³/mol. The largest absolute Gasteiger partial charge is 0.462 e. The molecule has 2 aliphatic rings. The van der Waals surface area contributed by atoms with Crippen LogP contribution in [-0.4, -0.2) is 142 Å². The van der Waals surface area contributed by atoms with Gasteiger partial charge >= 0.3 is 11.9 Å². The normalized spacial score (nSPS) is 26.6. The van der Waals surface area contributed by atoms with E-state index >= 15 is 0 Å². The molecule has 382 valence electrons. The summed E-state index contributed by atoms with van der Waals surface area (Å²) in [6.07, 6.45) is 24.2. The van der Waals surface area contributed by atoms with Gasteiger partial charge in [0.1, 0.15) is 55.4 Å². The Balaban J connectivity index is 1.84. The van der Waals surface area contributed by atoms with Gasteiger partial charge in [0.2, 0.25) is 0 Å². The Morgan fingerprint density at radius 1 is 0.485 bits per heavy atom. The van der Waals surface area contributed by atoms with Crippen molar-refractivity contribution in [2.24, 2.45) is 0 Å². The summed E-state index contributed by atoms with van der Waals surface area (Å²) in [6, 6.07) is 0. The van der Waals surface area contributed by atoms with E-state index in [-0.39, 0.29) is 19.4 Å². The average Bonchev–Trinajstić information content (AvgIpc) is 3.31. The van der Waals surface area contributed by atoms with Crippen molar-refractivity contribution < 1.29 is 73.8 Å². The number of esters is 2. The topological polar surface area (TPSA) is 231 Å². The summed E-state index contributed by atoms with van der Waals surface area (Å²) in [4.78, 5) is 25.7. The fourth-order valence-corrected chi connectivity index (χ4v) is 7.57. The van der Waals surface area contributed by atoms with Crippen molar-refractivity contribution in [2.45, 2.75) is 235 Å². The highest BCUT2D eigenvalue weighted by Crippen LogP contribution is 2.26. The highest BCUT2D eigenvalue weighted by atomic mass is 16.7. The molecule has 0 radical (unpaired) electrons. The van der Waals surface area contributed by atoms with Crippen LogP contribution >= 0.6 is 0 Å². The lowest BCUT2D eigenvalue weighted by Crippen LogP contribution is -2.61. The molecule has 11 atom stereocenters.